The van der Waals surface area contributed by atoms with Crippen LogP contribution >= 0.6 is 11.3 Å². The van der Waals surface area contributed by atoms with E-state index in [1.165, 1.54) is 47.8 Å². The summed E-state index contributed by atoms with van der Waals surface area (Å²) in [5.74, 6) is 1.46. The molecule has 1 fully saturated rings. The average Bonchev–Trinajstić information content (AvgIpc) is 2.91. The number of thiazole rings is 1. The Balaban J connectivity index is 2.08. The molecule has 21 heavy (non-hydrogen) atoms. The van der Waals surface area contributed by atoms with E-state index in [0.717, 1.165) is 12.5 Å². The quantitative estimate of drug-likeness (QED) is 0.844. The van der Waals surface area contributed by atoms with E-state index in [9.17, 15) is 0 Å². The number of nitrogens with zero attached hydrogens (tertiary/aromatic N) is 2. The van der Waals surface area contributed by atoms with Crippen LogP contribution in [0.1, 0.15) is 69.4 Å². The highest BCUT2D eigenvalue weighted by molar-refractivity contribution is 7.15. The van der Waals surface area contributed by atoms with E-state index in [1.54, 1.807) is 0 Å². The maximum absolute atomic E-state index is 4.95. The van der Waals surface area contributed by atoms with Gasteiger partial charge >= 0.3 is 0 Å². The van der Waals surface area contributed by atoms with Crippen LogP contribution in [0.5, 0.6) is 0 Å². The minimum atomic E-state index is 0.502. The van der Waals surface area contributed by atoms with Gasteiger partial charge in [0, 0.05) is 24.5 Å². The fourth-order valence-corrected chi connectivity index (χ4v) is 4.60. The van der Waals surface area contributed by atoms with Gasteiger partial charge in [-0.25, -0.2) is 4.98 Å². The van der Waals surface area contributed by atoms with Crippen molar-refractivity contribution in [3.05, 3.63) is 10.6 Å². The molecule has 0 unspecified atom stereocenters. The molecule has 1 aliphatic carbocycles. The fraction of sp³-hybridized carbons (Fsp3) is 0.824. The molecule has 3 nitrogen and oxygen atoms in total. The van der Waals surface area contributed by atoms with Crippen LogP contribution in [0.4, 0.5) is 5.13 Å². The molecule has 1 heterocycles. The van der Waals surface area contributed by atoms with Crippen molar-refractivity contribution in [2.75, 3.05) is 19.0 Å². The van der Waals surface area contributed by atoms with Crippen molar-refractivity contribution >= 4 is 16.5 Å². The van der Waals surface area contributed by atoms with Gasteiger partial charge in [0.1, 0.15) is 0 Å². The van der Waals surface area contributed by atoms with E-state index in [2.05, 4.69) is 38.0 Å². The van der Waals surface area contributed by atoms with Gasteiger partial charge in [0.2, 0.25) is 0 Å². The Bertz CT molecular complexity index is 433. The van der Waals surface area contributed by atoms with Crippen molar-refractivity contribution in [1.29, 1.82) is 0 Å². The first-order valence-corrected chi connectivity index (χ1v) is 9.25. The summed E-state index contributed by atoms with van der Waals surface area (Å²) >= 11 is 1.87. The number of hydrogen-bond donors (Lipinski definition) is 1. The smallest absolute Gasteiger partial charge is 0.185 e. The van der Waals surface area contributed by atoms with Crippen LogP contribution in [0.2, 0.25) is 0 Å². The summed E-state index contributed by atoms with van der Waals surface area (Å²) in [6.07, 6.45) is 6.77. The van der Waals surface area contributed by atoms with Gasteiger partial charge in [-0.2, -0.15) is 0 Å². The number of aromatic nitrogens is 1. The molecule has 0 aromatic carbocycles. The molecule has 1 N–H and O–H groups in total. The first-order chi connectivity index (χ1) is 10.1. The topological polar surface area (TPSA) is 28.2 Å². The lowest BCUT2D eigenvalue weighted by Gasteiger charge is -2.34. The molecule has 1 aromatic heterocycles. The summed E-state index contributed by atoms with van der Waals surface area (Å²) in [7, 11) is 4.25. The second-order valence-electron chi connectivity index (χ2n) is 6.68. The Labute approximate surface area is 134 Å². The van der Waals surface area contributed by atoms with Crippen LogP contribution in [0.15, 0.2) is 0 Å². The zero-order valence-corrected chi connectivity index (χ0v) is 15.1. The molecular weight excluding hydrogens is 278 g/mol. The summed E-state index contributed by atoms with van der Waals surface area (Å²) in [6, 6.07) is 0.682. The van der Waals surface area contributed by atoms with Gasteiger partial charge in [-0.3, -0.25) is 0 Å². The van der Waals surface area contributed by atoms with Crippen LogP contribution in [0.3, 0.4) is 0 Å². The van der Waals surface area contributed by atoms with Gasteiger partial charge in [0.05, 0.1) is 5.69 Å². The zero-order chi connectivity index (χ0) is 15.4. The van der Waals surface area contributed by atoms with Crippen molar-refractivity contribution in [2.24, 2.45) is 5.92 Å². The Kier molecular flexibility index (Phi) is 6.06. The molecule has 0 bridgehead atoms. The molecule has 1 aliphatic rings. The van der Waals surface area contributed by atoms with Crippen LogP contribution in [-0.4, -0.2) is 25.1 Å². The fourth-order valence-electron chi connectivity index (χ4n) is 3.34. The average molecular weight is 310 g/mol. The molecule has 4 heteroatoms. The molecule has 1 aromatic rings. The molecule has 120 valence electrons. The van der Waals surface area contributed by atoms with E-state index < -0.39 is 0 Å². The molecule has 0 spiro atoms. The zero-order valence-electron chi connectivity index (χ0n) is 14.3. The van der Waals surface area contributed by atoms with Crippen molar-refractivity contribution in [2.45, 2.75) is 71.4 Å². The third kappa shape index (κ3) is 3.98. The van der Waals surface area contributed by atoms with E-state index in [0.29, 0.717) is 12.0 Å². The minimum Gasteiger partial charge on any atom is -0.348 e. The highest BCUT2D eigenvalue weighted by Gasteiger charge is 2.25. The van der Waals surface area contributed by atoms with Crippen molar-refractivity contribution in [1.82, 2.24) is 10.3 Å². The predicted octanol–water partition coefficient (Wildman–Crippen LogP) is 4.39. The summed E-state index contributed by atoms with van der Waals surface area (Å²) in [4.78, 5) is 8.79. The summed E-state index contributed by atoms with van der Waals surface area (Å²) in [6.45, 7) is 7.74. The lowest BCUT2D eigenvalue weighted by Crippen LogP contribution is -2.35. The lowest BCUT2D eigenvalue weighted by molar-refractivity contribution is 0.313. The highest BCUT2D eigenvalue weighted by atomic mass is 32.1. The summed E-state index contributed by atoms with van der Waals surface area (Å²) in [5.41, 5.74) is 1.28. The molecule has 0 radical (unpaired) electrons. The van der Waals surface area contributed by atoms with Crippen LogP contribution in [0, 0.1) is 5.92 Å². The van der Waals surface area contributed by atoms with E-state index in [-0.39, 0.29) is 0 Å². The number of nitrogens with one attached hydrogen (secondary N) is 1. The molecule has 1 saturated carbocycles. The second kappa shape index (κ2) is 7.59. The van der Waals surface area contributed by atoms with E-state index >= 15 is 0 Å². The van der Waals surface area contributed by atoms with Gasteiger partial charge in [-0.15, -0.1) is 11.3 Å². The monoisotopic (exact) mass is 309 g/mol. The molecule has 0 saturated heterocycles. The van der Waals surface area contributed by atoms with Crippen LogP contribution < -0.4 is 10.2 Å². The predicted molar refractivity (Wildman–Crippen MR) is 93.4 cm³/mol. The Morgan fingerprint density at radius 1 is 1.29 bits per heavy atom. The van der Waals surface area contributed by atoms with Gasteiger partial charge in [0.15, 0.2) is 5.13 Å². The van der Waals surface area contributed by atoms with Crippen LogP contribution in [0.25, 0.3) is 0 Å². The third-order valence-electron chi connectivity index (χ3n) is 4.84. The molecule has 0 aliphatic heterocycles. The molecule has 0 atom stereocenters. The van der Waals surface area contributed by atoms with Gasteiger partial charge in [0.25, 0.3) is 0 Å². The van der Waals surface area contributed by atoms with E-state index in [1.807, 2.05) is 18.4 Å². The lowest BCUT2D eigenvalue weighted by atomic mass is 9.84. The van der Waals surface area contributed by atoms with Crippen molar-refractivity contribution < 1.29 is 0 Å². The molecular formula is C17H31N3S. The second-order valence-corrected chi connectivity index (χ2v) is 7.75. The van der Waals surface area contributed by atoms with Gasteiger partial charge < -0.3 is 10.2 Å². The van der Waals surface area contributed by atoms with Crippen LogP contribution in [-0.2, 0) is 6.54 Å². The standard InChI is InChI=1S/C17H31N3S/c1-6-13-7-9-14(10-8-13)20(5)17-19-16(12(2)3)15(21-17)11-18-4/h12-14,18H,6-11H2,1-5H3. The molecule has 2 rings (SSSR count). The van der Waals surface area contributed by atoms with Crippen molar-refractivity contribution in [3.8, 4) is 0 Å². The largest absolute Gasteiger partial charge is 0.348 e. The SMILES string of the molecule is CCC1CCC(N(C)c2nc(C(C)C)c(CNC)s2)CC1. The normalized spacial score (nSPS) is 22.8. The highest BCUT2D eigenvalue weighted by Crippen LogP contribution is 2.35. The van der Waals surface area contributed by atoms with Crippen molar-refractivity contribution in [3.63, 3.8) is 0 Å². The third-order valence-corrected chi connectivity index (χ3v) is 6.01. The first kappa shape index (κ1) is 16.8. The number of anilines is 1. The van der Waals surface area contributed by atoms with E-state index in [4.69, 9.17) is 4.98 Å². The maximum Gasteiger partial charge on any atom is 0.185 e. The first-order valence-electron chi connectivity index (χ1n) is 8.43. The minimum absolute atomic E-state index is 0.502. The summed E-state index contributed by atoms with van der Waals surface area (Å²) in [5, 5.41) is 4.49. The number of rotatable bonds is 6. The van der Waals surface area contributed by atoms with Gasteiger partial charge in [-0.1, -0.05) is 27.2 Å². The Morgan fingerprint density at radius 2 is 1.95 bits per heavy atom. The Morgan fingerprint density at radius 3 is 2.48 bits per heavy atom. The maximum atomic E-state index is 4.95. The Hall–Kier alpha value is -0.610. The summed E-state index contributed by atoms with van der Waals surface area (Å²) < 4.78 is 0. The van der Waals surface area contributed by atoms with Gasteiger partial charge in [-0.05, 0) is 44.6 Å². The number of hydrogen-bond acceptors (Lipinski definition) is 4. The molecule has 0 amide bonds.